The average Bonchev–Trinajstić information content (AvgIpc) is 2.79. The number of rotatable bonds is 8. The van der Waals surface area contributed by atoms with Gasteiger partial charge < -0.3 is 10.4 Å². The van der Waals surface area contributed by atoms with Crippen LogP contribution in [0.25, 0.3) is 0 Å². The fraction of sp³-hybridized carbons (Fsp3) is 0.481. The Balaban J connectivity index is 1.60. The van der Waals surface area contributed by atoms with Crippen LogP contribution in [0.2, 0.25) is 0 Å². The summed E-state index contributed by atoms with van der Waals surface area (Å²) in [5.41, 5.74) is 3.36. The molecule has 1 fully saturated rings. The molecule has 0 spiro atoms. The van der Waals surface area contributed by atoms with Crippen LogP contribution in [0.1, 0.15) is 68.6 Å². The zero-order valence-electron chi connectivity index (χ0n) is 18.9. The number of hydrogen-bond acceptors (Lipinski definition) is 3. The molecule has 2 unspecified atom stereocenters. The van der Waals surface area contributed by atoms with Crippen molar-refractivity contribution in [3.05, 3.63) is 65.2 Å². The molecule has 0 aromatic heterocycles. The summed E-state index contributed by atoms with van der Waals surface area (Å²) in [6, 6.07) is 15.0. The molecule has 31 heavy (non-hydrogen) atoms. The largest absolute Gasteiger partial charge is 0.508 e. The third kappa shape index (κ3) is 6.19. The van der Waals surface area contributed by atoms with Crippen LogP contribution >= 0.6 is 0 Å². The first kappa shape index (κ1) is 23.1. The molecule has 4 heteroatoms. The fourth-order valence-corrected chi connectivity index (χ4v) is 4.56. The lowest BCUT2D eigenvalue weighted by Crippen LogP contribution is -2.48. The third-order valence-electron chi connectivity index (χ3n) is 6.82. The summed E-state index contributed by atoms with van der Waals surface area (Å²) < 4.78 is 0. The smallest absolute Gasteiger partial charge is 0.225 e. The van der Waals surface area contributed by atoms with Crippen LogP contribution in [-0.2, 0) is 16.0 Å². The maximum atomic E-state index is 13.4. The van der Waals surface area contributed by atoms with Crippen LogP contribution in [0, 0.1) is 18.8 Å². The van der Waals surface area contributed by atoms with Gasteiger partial charge in [0.15, 0.2) is 5.78 Å². The summed E-state index contributed by atoms with van der Waals surface area (Å²) in [4.78, 5) is 26.1. The monoisotopic (exact) mass is 421 g/mol. The lowest BCUT2D eigenvalue weighted by molar-refractivity contribution is -0.131. The van der Waals surface area contributed by atoms with Gasteiger partial charge in [-0.1, -0.05) is 62.2 Å². The molecule has 1 aliphatic rings. The first-order valence-electron chi connectivity index (χ1n) is 11.5. The van der Waals surface area contributed by atoms with E-state index in [2.05, 4.69) is 19.2 Å². The summed E-state index contributed by atoms with van der Waals surface area (Å²) in [6.45, 7) is 6.15. The van der Waals surface area contributed by atoms with Gasteiger partial charge in [0.25, 0.3) is 0 Å². The average molecular weight is 422 g/mol. The van der Waals surface area contributed by atoms with Gasteiger partial charge in [0.2, 0.25) is 5.91 Å². The van der Waals surface area contributed by atoms with Crippen molar-refractivity contribution in [2.45, 2.75) is 71.3 Å². The number of hydrogen-bond donors (Lipinski definition) is 2. The van der Waals surface area contributed by atoms with Gasteiger partial charge in [-0.3, -0.25) is 9.59 Å². The maximum absolute atomic E-state index is 13.4. The predicted molar refractivity (Wildman–Crippen MR) is 124 cm³/mol. The topological polar surface area (TPSA) is 66.4 Å². The number of carbonyl (C=O) groups is 2. The Hall–Kier alpha value is -2.62. The summed E-state index contributed by atoms with van der Waals surface area (Å²) in [5.74, 6) is 0.945. The van der Waals surface area contributed by atoms with Crippen molar-refractivity contribution in [1.82, 2.24) is 5.32 Å². The Morgan fingerprint density at radius 3 is 2.19 bits per heavy atom. The van der Waals surface area contributed by atoms with Crippen LogP contribution in [0.5, 0.6) is 5.75 Å². The first-order valence-corrected chi connectivity index (χ1v) is 11.5. The minimum atomic E-state index is -0.418. The second-order valence-corrected chi connectivity index (χ2v) is 9.14. The van der Waals surface area contributed by atoms with E-state index in [1.807, 2.05) is 43.3 Å². The molecule has 0 saturated heterocycles. The summed E-state index contributed by atoms with van der Waals surface area (Å²) >= 11 is 0. The normalized spacial score (nSPS) is 20.6. The molecule has 1 aliphatic carbocycles. The van der Waals surface area contributed by atoms with Gasteiger partial charge in [0, 0.05) is 5.92 Å². The molecule has 0 radical (unpaired) electrons. The first-order chi connectivity index (χ1) is 14.9. The Labute approximate surface area is 186 Å². The van der Waals surface area contributed by atoms with Gasteiger partial charge >= 0.3 is 0 Å². The molecule has 166 valence electrons. The van der Waals surface area contributed by atoms with Crippen molar-refractivity contribution in [3.8, 4) is 5.75 Å². The standard InChI is InChI=1S/C27H35NO3/c1-4-19(3)26(28-25(30)17-20-7-5-18(2)6-8-20)27(31)23-11-9-21(10-12-23)22-13-15-24(29)16-14-22/h5-8,13-16,19,21,23,26,29H,4,9-12,17H2,1-3H3,(H,28,30). The quantitative estimate of drug-likeness (QED) is 0.606. The molecule has 0 heterocycles. The van der Waals surface area contributed by atoms with Crippen molar-refractivity contribution in [2.24, 2.45) is 11.8 Å². The van der Waals surface area contributed by atoms with Crippen LogP contribution < -0.4 is 5.32 Å². The van der Waals surface area contributed by atoms with Gasteiger partial charge in [-0.05, 0) is 67.7 Å². The fourth-order valence-electron chi connectivity index (χ4n) is 4.56. The molecule has 2 N–H and O–H groups in total. The van der Waals surface area contributed by atoms with E-state index in [1.54, 1.807) is 12.1 Å². The molecule has 3 rings (SSSR count). The third-order valence-corrected chi connectivity index (χ3v) is 6.82. The number of Topliss-reactive ketones (excluding diaryl/α,β-unsaturated/α-hetero) is 1. The van der Waals surface area contributed by atoms with E-state index in [-0.39, 0.29) is 29.3 Å². The Morgan fingerprint density at radius 1 is 1.00 bits per heavy atom. The van der Waals surface area contributed by atoms with Gasteiger partial charge in [0.05, 0.1) is 12.5 Å². The highest BCUT2D eigenvalue weighted by Crippen LogP contribution is 2.37. The number of carbonyl (C=O) groups excluding carboxylic acids is 2. The van der Waals surface area contributed by atoms with Crippen LogP contribution in [0.4, 0.5) is 0 Å². The van der Waals surface area contributed by atoms with E-state index >= 15 is 0 Å². The van der Waals surface area contributed by atoms with E-state index in [0.717, 1.165) is 37.7 Å². The molecule has 2 aromatic rings. The zero-order chi connectivity index (χ0) is 22.4. The van der Waals surface area contributed by atoms with Crippen molar-refractivity contribution in [1.29, 1.82) is 0 Å². The second-order valence-electron chi connectivity index (χ2n) is 9.14. The van der Waals surface area contributed by atoms with Gasteiger partial charge in [-0.2, -0.15) is 0 Å². The summed E-state index contributed by atoms with van der Waals surface area (Å²) in [6.07, 6.45) is 4.78. The molecule has 2 aromatic carbocycles. The molecule has 0 aliphatic heterocycles. The molecular formula is C27H35NO3. The van der Waals surface area contributed by atoms with Crippen molar-refractivity contribution in [3.63, 3.8) is 0 Å². The number of amides is 1. The SMILES string of the molecule is CCC(C)C(NC(=O)Cc1ccc(C)cc1)C(=O)C1CCC(c2ccc(O)cc2)CC1. The Kier molecular flexibility index (Phi) is 7.89. The van der Waals surface area contributed by atoms with Crippen molar-refractivity contribution >= 4 is 11.7 Å². The highest BCUT2D eigenvalue weighted by Gasteiger charge is 2.34. The van der Waals surface area contributed by atoms with Crippen LogP contribution in [0.3, 0.4) is 0 Å². The second kappa shape index (κ2) is 10.6. The molecule has 1 saturated carbocycles. The van der Waals surface area contributed by atoms with E-state index in [0.29, 0.717) is 12.3 Å². The predicted octanol–water partition coefficient (Wildman–Crippen LogP) is 5.32. The number of aryl methyl sites for hydroxylation is 1. The summed E-state index contributed by atoms with van der Waals surface area (Å²) in [5, 5.41) is 12.6. The molecule has 0 bridgehead atoms. The number of aromatic hydroxyl groups is 1. The van der Waals surface area contributed by atoms with Crippen molar-refractivity contribution in [2.75, 3.05) is 0 Å². The minimum Gasteiger partial charge on any atom is -0.508 e. The Morgan fingerprint density at radius 2 is 1.61 bits per heavy atom. The highest BCUT2D eigenvalue weighted by molar-refractivity contribution is 5.91. The number of nitrogens with one attached hydrogen (secondary N) is 1. The van der Waals surface area contributed by atoms with E-state index < -0.39 is 6.04 Å². The van der Waals surface area contributed by atoms with Gasteiger partial charge in [0.1, 0.15) is 5.75 Å². The zero-order valence-corrected chi connectivity index (χ0v) is 18.9. The van der Waals surface area contributed by atoms with Gasteiger partial charge in [-0.15, -0.1) is 0 Å². The summed E-state index contributed by atoms with van der Waals surface area (Å²) in [7, 11) is 0. The molecule has 4 nitrogen and oxygen atoms in total. The van der Waals surface area contributed by atoms with E-state index in [1.165, 1.54) is 11.1 Å². The van der Waals surface area contributed by atoms with E-state index in [4.69, 9.17) is 0 Å². The lowest BCUT2D eigenvalue weighted by atomic mass is 9.74. The molecule has 2 atom stereocenters. The Bertz CT molecular complexity index is 864. The highest BCUT2D eigenvalue weighted by atomic mass is 16.3. The van der Waals surface area contributed by atoms with Crippen LogP contribution in [-0.4, -0.2) is 22.8 Å². The molecular weight excluding hydrogens is 386 g/mol. The maximum Gasteiger partial charge on any atom is 0.225 e. The van der Waals surface area contributed by atoms with Crippen LogP contribution in [0.15, 0.2) is 48.5 Å². The minimum absolute atomic E-state index is 0.00652. The lowest BCUT2D eigenvalue weighted by Gasteiger charge is -2.32. The van der Waals surface area contributed by atoms with E-state index in [9.17, 15) is 14.7 Å². The number of ketones is 1. The van der Waals surface area contributed by atoms with Gasteiger partial charge in [-0.25, -0.2) is 0 Å². The molecule has 1 amide bonds. The number of phenolic OH excluding ortho intramolecular Hbond substituents is 1. The number of benzene rings is 2. The van der Waals surface area contributed by atoms with Crippen molar-refractivity contribution < 1.29 is 14.7 Å². The number of phenols is 1.